The molecule has 0 radical (unpaired) electrons. The maximum Gasteiger partial charge on any atom is 0.157 e. The van der Waals surface area contributed by atoms with Crippen molar-refractivity contribution in [3.05, 3.63) is 0 Å². The molecule has 2 nitrogen and oxygen atoms in total. The normalized spacial score (nSPS) is 20.0. The first kappa shape index (κ1) is 23.2. The minimum Gasteiger partial charge on any atom is -0.352 e. The van der Waals surface area contributed by atoms with Crippen LogP contribution in [0.5, 0.6) is 0 Å². The summed E-state index contributed by atoms with van der Waals surface area (Å²) in [7, 11) is -1.62. The maximum absolute atomic E-state index is 5.82. The fourth-order valence-electron chi connectivity index (χ4n) is 4.07. The Morgan fingerprint density at radius 3 is 1.92 bits per heavy atom. The van der Waals surface area contributed by atoms with Crippen molar-refractivity contribution in [2.45, 2.75) is 102 Å². The summed E-state index contributed by atoms with van der Waals surface area (Å²) >= 11 is 3.79. The highest BCUT2D eigenvalue weighted by molar-refractivity contribution is 9.09. The second kappa shape index (κ2) is 9.92. The van der Waals surface area contributed by atoms with Gasteiger partial charge in [0.15, 0.2) is 6.29 Å². The van der Waals surface area contributed by atoms with Gasteiger partial charge >= 0.3 is 0 Å². The predicted octanol–water partition coefficient (Wildman–Crippen LogP) is 6.54. The summed E-state index contributed by atoms with van der Waals surface area (Å²) in [5, 5.41) is 0. The lowest BCUT2D eigenvalue weighted by molar-refractivity contribution is -0.224. The topological polar surface area (TPSA) is 18.5 Å². The molecule has 0 aromatic carbocycles. The standard InChI is InChI=1S/C21H39BrO2Si/c1-16(2)25(17(3)4,18(5)6)13-12-19(22)10-9-11-20-23-14-21(7,8)15-24-20/h16-20H,9-11,14-15H2,1-8H3. The summed E-state index contributed by atoms with van der Waals surface area (Å²) in [6.45, 7) is 20.1. The van der Waals surface area contributed by atoms with Crippen molar-refractivity contribution in [1.29, 1.82) is 0 Å². The Morgan fingerprint density at radius 1 is 1.00 bits per heavy atom. The SMILES string of the molecule is CC(C)[Si](C#CC(Br)CCCC1OCC(C)(C)CO1)(C(C)C)C(C)C. The summed E-state index contributed by atoms with van der Waals surface area (Å²) in [6, 6.07) is 0. The van der Waals surface area contributed by atoms with Crippen molar-refractivity contribution in [2.75, 3.05) is 13.2 Å². The van der Waals surface area contributed by atoms with Gasteiger partial charge in [-0.05, 0) is 35.9 Å². The van der Waals surface area contributed by atoms with Gasteiger partial charge in [0.25, 0.3) is 0 Å². The van der Waals surface area contributed by atoms with E-state index in [-0.39, 0.29) is 16.5 Å². The average molecular weight is 432 g/mol. The summed E-state index contributed by atoms with van der Waals surface area (Å²) in [5.74, 6) is 3.57. The Morgan fingerprint density at radius 2 is 1.48 bits per heavy atom. The van der Waals surface area contributed by atoms with E-state index in [1.165, 1.54) is 0 Å². The minimum absolute atomic E-state index is 0.0314. The smallest absolute Gasteiger partial charge is 0.157 e. The zero-order chi connectivity index (χ0) is 19.3. The van der Waals surface area contributed by atoms with E-state index in [1.54, 1.807) is 0 Å². The van der Waals surface area contributed by atoms with Crippen molar-refractivity contribution in [3.8, 4) is 11.5 Å². The number of halogens is 1. The molecule has 0 aromatic rings. The van der Waals surface area contributed by atoms with Crippen LogP contribution < -0.4 is 0 Å². The van der Waals surface area contributed by atoms with Gasteiger partial charge in [-0.25, -0.2) is 0 Å². The van der Waals surface area contributed by atoms with Crippen LogP contribution in [0.15, 0.2) is 0 Å². The monoisotopic (exact) mass is 430 g/mol. The first-order valence-corrected chi connectivity index (χ1v) is 13.1. The Labute approximate surface area is 166 Å². The molecule has 0 aromatic heterocycles. The van der Waals surface area contributed by atoms with Gasteiger partial charge in [-0.2, -0.15) is 0 Å². The van der Waals surface area contributed by atoms with Crippen LogP contribution in [0.25, 0.3) is 0 Å². The molecular weight excluding hydrogens is 392 g/mol. The molecule has 25 heavy (non-hydrogen) atoms. The van der Waals surface area contributed by atoms with Crippen molar-refractivity contribution in [3.63, 3.8) is 0 Å². The molecule has 1 fully saturated rings. The highest BCUT2D eigenvalue weighted by Crippen LogP contribution is 2.40. The number of alkyl halides is 1. The summed E-state index contributed by atoms with van der Waals surface area (Å²) in [6.07, 6.45) is 3.06. The molecule has 4 heteroatoms. The molecule has 1 unspecified atom stereocenters. The van der Waals surface area contributed by atoms with E-state index in [1.807, 2.05) is 0 Å². The molecule has 1 aliphatic rings. The van der Waals surface area contributed by atoms with Crippen molar-refractivity contribution < 1.29 is 9.47 Å². The molecule has 1 rings (SSSR count). The van der Waals surface area contributed by atoms with Gasteiger partial charge in [-0.15, -0.1) is 5.54 Å². The quantitative estimate of drug-likeness (QED) is 0.259. The third-order valence-electron chi connectivity index (χ3n) is 5.53. The van der Waals surface area contributed by atoms with E-state index in [4.69, 9.17) is 9.47 Å². The van der Waals surface area contributed by atoms with Crippen molar-refractivity contribution in [1.82, 2.24) is 0 Å². The molecule has 0 bridgehead atoms. The second-order valence-electron chi connectivity index (χ2n) is 9.28. The van der Waals surface area contributed by atoms with Crippen LogP contribution >= 0.6 is 15.9 Å². The second-order valence-corrected chi connectivity index (χ2v) is 16.0. The zero-order valence-electron chi connectivity index (χ0n) is 17.6. The maximum atomic E-state index is 5.82. The average Bonchev–Trinajstić information content (AvgIpc) is 2.48. The number of hydrogen-bond acceptors (Lipinski definition) is 2. The zero-order valence-corrected chi connectivity index (χ0v) is 20.2. The largest absolute Gasteiger partial charge is 0.352 e. The van der Waals surface area contributed by atoms with Crippen LogP contribution in [0.4, 0.5) is 0 Å². The van der Waals surface area contributed by atoms with Gasteiger partial charge in [0.2, 0.25) is 0 Å². The Balaban J connectivity index is 2.53. The Kier molecular flexibility index (Phi) is 9.22. The van der Waals surface area contributed by atoms with E-state index < -0.39 is 8.07 Å². The van der Waals surface area contributed by atoms with Gasteiger partial charge in [-0.1, -0.05) is 77.2 Å². The molecule has 1 heterocycles. The fraction of sp³-hybridized carbons (Fsp3) is 0.905. The summed E-state index contributed by atoms with van der Waals surface area (Å²) in [5.41, 5.74) is 6.02. The van der Waals surface area contributed by atoms with Gasteiger partial charge < -0.3 is 9.47 Å². The molecule has 1 atom stereocenters. The van der Waals surface area contributed by atoms with E-state index >= 15 is 0 Å². The lowest BCUT2D eigenvalue weighted by Crippen LogP contribution is -2.43. The molecule has 1 saturated heterocycles. The van der Waals surface area contributed by atoms with Gasteiger partial charge in [-0.3, -0.25) is 0 Å². The molecule has 0 aliphatic carbocycles. The highest BCUT2D eigenvalue weighted by atomic mass is 79.9. The fourth-order valence-corrected chi connectivity index (χ4v) is 10.0. The van der Waals surface area contributed by atoms with E-state index in [2.05, 4.69) is 82.8 Å². The number of ether oxygens (including phenoxy) is 2. The van der Waals surface area contributed by atoms with Crippen LogP contribution in [0.2, 0.25) is 16.6 Å². The van der Waals surface area contributed by atoms with Crippen LogP contribution in [-0.4, -0.2) is 32.4 Å². The molecule has 1 aliphatic heterocycles. The third-order valence-corrected chi connectivity index (χ3v) is 12.5. The van der Waals surface area contributed by atoms with E-state index in [0.29, 0.717) is 16.6 Å². The van der Waals surface area contributed by atoms with Crippen molar-refractivity contribution in [2.24, 2.45) is 5.41 Å². The van der Waals surface area contributed by atoms with E-state index in [9.17, 15) is 0 Å². The lowest BCUT2D eigenvalue weighted by atomic mass is 9.95. The van der Waals surface area contributed by atoms with Crippen LogP contribution in [0.3, 0.4) is 0 Å². The third kappa shape index (κ3) is 6.68. The van der Waals surface area contributed by atoms with Crippen molar-refractivity contribution >= 4 is 24.0 Å². The molecule has 0 N–H and O–H groups in total. The summed E-state index contributed by atoms with van der Waals surface area (Å²) in [4.78, 5) is 0.274. The molecular formula is C21H39BrO2Si. The molecule has 146 valence electrons. The van der Waals surface area contributed by atoms with Crippen LogP contribution in [-0.2, 0) is 9.47 Å². The van der Waals surface area contributed by atoms with E-state index in [0.717, 1.165) is 32.5 Å². The minimum atomic E-state index is -1.62. The predicted molar refractivity (Wildman–Crippen MR) is 115 cm³/mol. The Hall–Kier alpha value is 0.177. The first-order valence-electron chi connectivity index (χ1n) is 9.91. The molecule has 0 amide bonds. The lowest BCUT2D eigenvalue weighted by Gasteiger charge is -2.38. The molecule has 0 saturated carbocycles. The highest BCUT2D eigenvalue weighted by Gasteiger charge is 2.41. The van der Waals surface area contributed by atoms with Gasteiger partial charge in [0.1, 0.15) is 8.07 Å². The first-order chi connectivity index (χ1) is 11.5. The summed E-state index contributed by atoms with van der Waals surface area (Å²) < 4.78 is 11.6. The molecule has 0 spiro atoms. The van der Waals surface area contributed by atoms with Crippen LogP contribution in [0.1, 0.15) is 74.7 Å². The Bertz CT molecular complexity index is 430. The van der Waals surface area contributed by atoms with Gasteiger partial charge in [0.05, 0.1) is 18.0 Å². The number of rotatable bonds is 7. The van der Waals surface area contributed by atoms with Crippen LogP contribution in [0, 0.1) is 16.9 Å². The number of hydrogen-bond donors (Lipinski definition) is 0. The van der Waals surface area contributed by atoms with Gasteiger partial charge in [0, 0.05) is 5.41 Å².